The Hall–Kier alpha value is -0.530. The molecule has 0 spiro atoms. The van der Waals surface area contributed by atoms with Crippen molar-refractivity contribution in [2.24, 2.45) is 0 Å². The maximum absolute atomic E-state index is 10.3. The summed E-state index contributed by atoms with van der Waals surface area (Å²) < 4.78 is 4.56. The van der Waals surface area contributed by atoms with E-state index in [-0.39, 0.29) is 5.97 Å². The molecule has 0 aromatic rings. The zero-order valence-corrected chi connectivity index (χ0v) is 6.06. The number of hydrogen-bond donors (Lipinski definition) is 0. The second-order valence-corrected chi connectivity index (χ2v) is 2.48. The molecule has 0 bridgehead atoms. The lowest BCUT2D eigenvalue weighted by Gasteiger charge is -1.91. The summed E-state index contributed by atoms with van der Waals surface area (Å²) >= 11 is 0. The number of carbonyl (C=O) groups is 1. The van der Waals surface area contributed by atoms with E-state index in [1.54, 1.807) is 0 Å². The van der Waals surface area contributed by atoms with Crippen molar-refractivity contribution >= 4 is 5.97 Å². The van der Waals surface area contributed by atoms with E-state index in [0.717, 1.165) is 32.1 Å². The van der Waals surface area contributed by atoms with Crippen LogP contribution in [0, 0.1) is 13.0 Å². The lowest BCUT2D eigenvalue weighted by Crippen LogP contribution is -1.79. The topological polar surface area (TPSA) is 29.6 Å². The first-order valence-corrected chi connectivity index (χ1v) is 3.72. The second-order valence-electron chi connectivity index (χ2n) is 2.48. The molecule has 0 saturated carbocycles. The molecule has 1 saturated heterocycles. The van der Waals surface area contributed by atoms with Crippen LogP contribution < -0.4 is 0 Å². The molecule has 0 atom stereocenters. The smallest absolute Gasteiger partial charge is 0.356 e. The predicted octanol–water partition coefficient (Wildman–Crippen LogP) is 1.86. The molecule has 0 aromatic heterocycles. The Bertz CT molecular complexity index is 120. The van der Waals surface area contributed by atoms with Crippen LogP contribution in [0.4, 0.5) is 0 Å². The normalized spacial score (nSPS) is 17.1. The van der Waals surface area contributed by atoms with Gasteiger partial charge in [0.25, 0.3) is 6.10 Å². The molecule has 2 nitrogen and oxygen atoms in total. The zero-order chi connectivity index (χ0) is 7.40. The fourth-order valence-electron chi connectivity index (χ4n) is 0.879. The van der Waals surface area contributed by atoms with Crippen molar-refractivity contribution in [3.05, 3.63) is 13.0 Å². The minimum absolute atomic E-state index is 0.102. The van der Waals surface area contributed by atoms with Crippen molar-refractivity contribution in [1.82, 2.24) is 0 Å². The number of ether oxygens (including phenoxy) is 1. The van der Waals surface area contributed by atoms with Crippen molar-refractivity contribution in [3.63, 3.8) is 0 Å². The Morgan fingerprint density at radius 2 is 2.00 bits per heavy atom. The van der Waals surface area contributed by atoms with E-state index >= 15 is 0 Å². The first-order chi connectivity index (χ1) is 4.84. The minimum Gasteiger partial charge on any atom is -0.439 e. The van der Waals surface area contributed by atoms with Gasteiger partial charge in [-0.05, 0) is 6.42 Å². The summed E-state index contributed by atoms with van der Waals surface area (Å²) in [6, 6.07) is 0. The molecular weight excluding hydrogens is 128 g/mol. The molecule has 0 aliphatic carbocycles. The molecule has 0 unspecified atom stereocenters. The number of carbonyl (C=O) groups excluding carboxylic acids is 1. The minimum atomic E-state index is -0.102. The van der Waals surface area contributed by atoms with E-state index in [2.05, 4.69) is 11.7 Å². The summed E-state index contributed by atoms with van der Waals surface area (Å²) in [4.78, 5) is 10.3. The summed E-state index contributed by atoms with van der Waals surface area (Å²) in [5, 5.41) is 0. The third kappa shape index (κ3) is 2.38. The molecule has 56 valence electrons. The predicted molar refractivity (Wildman–Crippen MR) is 37.8 cm³/mol. The number of rotatable bonds is 5. The van der Waals surface area contributed by atoms with Gasteiger partial charge in [-0.1, -0.05) is 26.2 Å². The van der Waals surface area contributed by atoms with Crippen molar-refractivity contribution < 1.29 is 9.53 Å². The van der Waals surface area contributed by atoms with Gasteiger partial charge >= 0.3 is 5.97 Å². The summed E-state index contributed by atoms with van der Waals surface area (Å²) in [6.45, 7) is 3.73. The number of unbranched alkanes of at least 4 members (excludes halogenated alkanes) is 3. The first kappa shape index (κ1) is 7.58. The SMILES string of the molecule is [CH2]CCCCC[C]1OC1=O. The van der Waals surface area contributed by atoms with Crippen LogP contribution >= 0.6 is 0 Å². The van der Waals surface area contributed by atoms with Crippen molar-refractivity contribution in [2.75, 3.05) is 0 Å². The average molecular weight is 140 g/mol. The molecule has 1 aliphatic rings. The molecule has 2 heteroatoms. The largest absolute Gasteiger partial charge is 0.439 e. The van der Waals surface area contributed by atoms with Crippen LogP contribution in [0.25, 0.3) is 0 Å². The van der Waals surface area contributed by atoms with Gasteiger partial charge in [0.1, 0.15) is 0 Å². The van der Waals surface area contributed by atoms with E-state index in [1.165, 1.54) is 0 Å². The van der Waals surface area contributed by atoms with Gasteiger partial charge in [0.15, 0.2) is 0 Å². The van der Waals surface area contributed by atoms with Gasteiger partial charge < -0.3 is 4.74 Å². The number of cyclic esters (lactones) is 1. The number of epoxide rings is 1. The Morgan fingerprint density at radius 3 is 2.50 bits per heavy atom. The average Bonchev–Trinajstić information content (AvgIpc) is 2.60. The molecule has 1 rings (SSSR count). The fraction of sp³-hybridized carbons (Fsp3) is 0.625. The lowest BCUT2D eigenvalue weighted by atomic mass is 10.1. The van der Waals surface area contributed by atoms with Gasteiger partial charge in [-0.25, -0.2) is 4.79 Å². The highest BCUT2D eigenvalue weighted by Gasteiger charge is 2.39. The molecule has 0 aromatic carbocycles. The van der Waals surface area contributed by atoms with Crippen LogP contribution in [-0.2, 0) is 9.53 Å². The van der Waals surface area contributed by atoms with E-state index in [1.807, 2.05) is 0 Å². The Balaban J connectivity index is 1.82. The van der Waals surface area contributed by atoms with Gasteiger partial charge in [-0.3, -0.25) is 0 Å². The first-order valence-electron chi connectivity index (χ1n) is 3.72. The maximum atomic E-state index is 10.3. The van der Waals surface area contributed by atoms with E-state index < -0.39 is 0 Å². The standard InChI is InChI=1S/C8H12O2/c1-2-3-4-5-6-7-8(9)10-7/h1-6H2. The molecule has 1 heterocycles. The summed E-state index contributed by atoms with van der Waals surface area (Å²) in [5.74, 6) is -0.102. The Kier molecular flexibility index (Phi) is 2.72. The monoisotopic (exact) mass is 140 g/mol. The third-order valence-corrected chi connectivity index (χ3v) is 1.56. The highest BCUT2D eigenvalue weighted by molar-refractivity contribution is 5.96. The van der Waals surface area contributed by atoms with Gasteiger partial charge in [0.2, 0.25) is 0 Å². The molecule has 2 radical (unpaired) electrons. The lowest BCUT2D eigenvalue weighted by molar-refractivity contribution is -0.117. The maximum Gasteiger partial charge on any atom is 0.356 e. The van der Waals surface area contributed by atoms with Gasteiger partial charge in [-0.2, -0.15) is 0 Å². The summed E-state index contributed by atoms with van der Waals surface area (Å²) in [6.07, 6.45) is 5.87. The van der Waals surface area contributed by atoms with Crippen LogP contribution in [0.1, 0.15) is 32.1 Å². The fourth-order valence-corrected chi connectivity index (χ4v) is 0.879. The van der Waals surface area contributed by atoms with Crippen molar-refractivity contribution in [2.45, 2.75) is 32.1 Å². The van der Waals surface area contributed by atoms with Crippen LogP contribution in [0.5, 0.6) is 0 Å². The van der Waals surface area contributed by atoms with Crippen LogP contribution in [0.15, 0.2) is 0 Å². The van der Waals surface area contributed by atoms with E-state index in [9.17, 15) is 4.79 Å². The van der Waals surface area contributed by atoms with Crippen LogP contribution in [-0.4, -0.2) is 5.97 Å². The van der Waals surface area contributed by atoms with Crippen LogP contribution in [0.2, 0.25) is 0 Å². The number of hydrogen-bond acceptors (Lipinski definition) is 2. The molecule has 1 aliphatic heterocycles. The Morgan fingerprint density at radius 1 is 1.30 bits per heavy atom. The van der Waals surface area contributed by atoms with Crippen molar-refractivity contribution in [1.29, 1.82) is 0 Å². The molecular formula is C8H12O2. The van der Waals surface area contributed by atoms with Crippen LogP contribution in [0.3, 0.4) is 0 Å². The van der Waals surface area contributed by atoms with E-state index in [0.29, 0.717) is 6.10 Å². The molecule has 0 amide bonds. The molecule has 1 fully saturated rings. The van der Waals surface area contributed by atoms with E-state index in [4.69, 9.17) is 0 Å². The van der Waals surface area contributed by atoms with Gasteiger partial charge in [0.05, 0.1) is 0 Å². The highest BCUT2D eigenvalue weighted by atomic mass is 16.6. The van der Waals surface area contributed by atoms with Gasteiger partial charge in [-0.15, -0.1) is 0 Å². The van der Waals surface area contributed by atoms with Gasteiger partial charge in [0, 0.05) is 6.42 Å². The summed E-state index contributed by atoms with van der Waals surface area (Å²) in [5.41, 5.74) is 0. The Labute approximate surface area is 61.6 Å². The summed E-state index contributed by atoms with van der Waals surface area (Å²) in [7, 11) is 0. The molecule has 0 N–H and O–H groups in total. The zero-order valence-electron chi connectivity index (χ0n) is 6.06. The van der Waals surface area contributed by atoms with Crippen molar-refractivity contribution in [3.8, 4) is 0 Å². The second kappa shape index (κ2) is 3.59. The highest BCUT2D eigenvalue weighted by Crippen LogP contribution is 2.27. The third-order valence-electron chi connectivity index (χ3n) is 1.56. The quantitative estimate of drug-likeness (QED) is 0.431. The molecule has 10 heavy (non-hydrogen) atoms.